The van der Waals surface area contributed by atoms with E-state index in [0.29, 0.717) is 12.0 Å². The summed E-state index contributed by atoms with van der Waals surface area (Å²) in [6.07, 6.45) is -1.41. The lowest BCUT2D eigenvalue weighted by molar-refractivity contribution is -0.170. The van der Waals surface area contributed by atoms with E-state index in [1.807, 2.05) is 17.5 Å². The molecule has 4 rings (SSSR count). The molecular weight excluding hydrogens is 439 g/mol. The first-order valence-corrected chi connectivity index (χ1v) is 10.8. The maximum absolute atomic E-state index is 13.5. The van der Waals surface area contributed by atoms with E-state index in [1.165, 1.54) is 24.3 Å². The van der Waals surface area contributed by atoms with Gasteiger partial charge in [-0.05, 0) is 52.4 Å². The van der Waals surface area contributed by atoms with Crippen LogP contribution in [0.25, 0.3) is 11.1 Å². The van der Waals surface area contributed by atoms with Crippen LogP contribution in [0, 0.1) is 0 Å². The number of halogens is 3. The zero-order chi connectivity index (χ0) is 22.9. The Labute approximate surface area is 187 Å². The Morgan fingerprint density at radius 1 is 1.12 bits per heavy atom. The van der Waals surface area contributed by atoms with Gasteiger partial charge < -0.3 is 9.80 Å². The number of amides is 2. The molecule has 1 aromatic carbocycles. The predicted molar refractivity (Wildman–Crippen MR) is 116 cm³/mol. The van der Waals surface area contributed by atoms with Crippen LogP contribution in [-0.4, -0.2) is 40.5 Å². The number of carbonyl (C=O) groups is 2. The third-order valence-electron chi connectivity index (χ3n) is 5.47. The SMILES string of the molecule is CC(=O)N1Cc2cc(-c3ccncc3)ccc2N(C(=O)C(F)(F)F)CC1Cc1cccs1. The van der Waals surface area contributed by atoms with Crippen LogP contribution in [0.2, 0.25) is 0 Å². The Hall–Kier alpha value is -3.20. The molecule has 5 nitrogen and oxygen atoms in total. The van der Waals surface area contributed by atoms with Crippen LogP contribution in [-0.2, 0) is 22.6 Å². The van der Waals surface area contributed by atoms with Crippen molar-refractivity contribution >= 4 is 28.8 Å². The molecule has 0 N–H and O–H groups in total. The molecule has 1 aliphatic heterocycles. The van der Waals surface area contributed by atoms with Gasteiger partial charge in [0.15, 0.2) is 0 Å². The lowest BCUT2D eigenvalue weighted by Gasteiger charge is -2.31. The average molecular weight is 459 g/mol. The number of fused-ring (bicyclic) bond motifs is 1. The molecule has 9 heteroatoms. The first-order valence-electron chi connectivity index (χ1n) is 9.95. The maximum Gasteiger partial charge on any atom is 0.471 e. The highest BCUT2D eigenvalue weighted by molar-refractivity contribution is 7.09. The van der Waals surface area contributed by atoms with E-state index in [2.05, 4.69) is 4.98 Å². The third kappa shape index (κ3) is 4.52. The minimum Gasteiger partial charge on any atom is -0.333 e. The van der Waals surface area contributed by atoms with Crippen molar-refractivity contribution in [3.05, 3.63) is 70.7 Å². The van der Waals surface area contributed by atoms with Gasteiger partial charge in [0.05, 0.1) is 6.04 Å². The number of hydrogen-bond donors (Lipinski definition) is 0. The average Bonchev–Trinajstić information content (AvgIpc) is 3.21. The monoisotopic (exact) mass is 459 g/mol. The van der Waals surface area contributed by atoms with Crippen molar-refractivity contribution in [1.82, 2.24) is 9.88 Å². The topological polar surface area (TPSA) is 53.5 Å². The van der Waals surface area contributed by atoms with Crippen molar-refractivity contribution in [2.24, 2.45) is 0 Å². The molecule has 0 radical (unpaired) electrons. The zero-order valence-corrected chi connectivity index (χ0v) is 18.0. The van der Waals surface area contributed by atoms with E-state index in [-0.39, 0.29) is 24.7 Å². The van der Waals surface area contributed by atoms with E-state index in [9.17, 15) is 22.8 Å². The molecular formula is C23H20F3N3O2S. The van der Waals surface area contributed by atoms with Crippen molar-refractivity contribution in [1.29, 1.82) is 0 Å². The van der Waals surface area contributed by atoms with Gasteiger partial charge in [-0.25, -0.2) is 0 Å². The number of carbonyl (C=O) groups excluding carboxylic acids is 2. The van der Waals surface area contributed by atoms with Crippen LogP contribution in [0.5, 0.6) is 0 Å². The molecule has 2 aromatic heterocycles. The van der Waals surface area contributed by atoms with Crippen molar-refractivity contribution < 1.29 is 22.8 Å². The molecule has 0 saturated carbocycles. The molecule has 166 valence electrons. The number of nitrogens with zero attached hydrogens (tertiary/aromatic N) is 3. The Kier molecular flexibility index (Phi) is 6.01. The van der Waals surface area contributed by atoms with Crippen LogP contribution in [0.15, 0.2) is 60.2 Å². The number of rotatable bonds is 3. The number of aromatic nitrogens is 1. The summed E-state index contributed by atoms with van der Waals surface area (Å²) >= 11 is 1.47. The summed E-state index contributed by atoms with van der Waals surface area (Å²) in [7, 11) is 0. The smallest absolute Gasteiger partial charge is 0.333 e. The van der Waals surface area contributed by atoms with Gasteiger partial charge >= 0.3 is 12.1 Å². The van der Waals surface area contributed by atoms with Gasteiger partial charge in [0, 0.05) is 49.4 Å². The summed E-state index contributed by atoms with van der Waals surface area (Å²) in [5.74, 6) is -2.19. The van der Waals surface area contributed by atoms with Gasteiger partial charge in [-0.2, -0.15) is 13.2 Å². The van der Waals surface area contributed by atoms with Crippen LogP contribution >= 0.6 is 11.3 Å². The van der Waals surface area contributed by atoms with Crippen molar-refractivity contribution in [2.75, 3.05) is 11.4 Å². The third-order valence-corrected chi connectivity index (χ3v) is 6.37. The van der Waals surface area contributed by atoms with Crippen LogP contribution in [0.3, 0.4) is 0 Å². The highest BCUT2D eigenvalue weighted by Crippen LogP contribution is 2.35. The lowest BCUT2D eigenvalue weighted by Crippen LogP contribution is -2.49. The summed E-state index contributed by atoms with van der Waals surface area (Å²) in [5.41, 5.74) is 2.27. The first kappa shape index (κ1) is 22.0. The molecule has 0 bridgehead atoms. The number of benzene rings is 1. The molecule has 1 unspecified atom stereocenters. The fraction of sp³-hybridized carbons (Fsp3) is 0.261. The van der Waals surface area contributed by atoms with E-state index in [4.69, 9.17) is 0 Å². The summed E-state index contributed by atoms with van der Waals surface area (Å²) in [6.45, 7) is 1.27. The second kappa shape index (κ2) is 8.74. The minimum atomic E-state index is -5.03. The first-order chi connectivity index (χ1) is 15.2. The number of anilines is 1. The summed E-state index contributed by atoms with van der Waals surface area (Å²) in [6, 6.07) is 11.7. The van der Waals surface area contributed by atoms with Crippen LogP contribution in [0.4, 0.5) is 18.9 Å². The molecule has 0 spiro atoms. The minimum absolute atomic E-state index is 0.112. The fourth-order valence-corrected chi connectivity index (χ4v) is 4.75. The fourth-order valence-electron chi connectivity index (χ4n) is 3.97. The summed E-state index contributed by atoms with van der Waals surface area (Å²) in [4.78, 5) is 32.2. The summed E-state index contributed by atoms with van der Waals surface area (Å²) < 4.78 is 40.5. The zero-order valence-electron chi connectivity index (χ0n) is 17.2. The van der Waals surface area contributed by atoms with Gasteiger partial charge in [-0.15, -0.1) is 11.3 Å². The highest BCUT2D eigenvalue weighted by Gasteiger charge is 2.45. The molecule has 0 fully saturated rings. The van der Waals surface area contributed by atoms with Gasteiger partial charge in [-0.1, -0.05) is 12.1 Å². The number of pyridine rings is 1. The predicted octanol–water partition coefficient (Wildman–Crippen LogP) is 4.68. The quantitative estimate of drug-likeness (QED) is 0.572. The van der Waals surface area contributed by atoms with Gasteiger partial charge in [0.2, 0.25) is 5.91 Å². The number of thiophene rings is 1. The molecule has 0 saturated heterocycles. The van der Waals surface area contributed by atoms with Gasteiger partial charge in [0.1, 0.15) is 0 Å². The van der Waals surface area contributed by atoms with Crippen molar-refractivity contribution in [3.8, 4) is 11.1 Å². The van der Waals surface area contributed by atoms with E-state index < -0.39 is 18.1 Å². The van der Waals surface area contributed by atoms with E-state index in [1.54, 1.807) is 41.6 Å². The standard InChI is InChI=1S/C23H20F3N3O2S/c1-15(30)28-13-18-11-17(16-6-8-27-9-7-16)4-5-21(18)29(22(31)23(24,25)26)14-19(28)12-20-3-2-10-32-20/h2-11,19H,12-14H2,1H3. The molecule has 32 heavy (non-hydrogen) atoms. The second-order valence-corrected chi connectivity index (χ2v) is 8.61. The van der Waals surface area contributed by atoms with Crippen LogP contribution in [0.1, 0.15) is 17.4 Å². The Morgan fingerprint density at radius 3 is 2.50 bits per heavy atom. The Bertz CT molecular complexity index is 1120. The molecule has 0 aliphatic carbocycles. The molecule has 3 heterocycles. The molecule has 2 amide bonds. The molecule has 1 aliphatic rings. The maximum atomic E-state index is 13.5. The van der Waals surface area contributed by atoms with Crippen LogP contribution < -0.4 is 4.90 Å². The highest BCUT2D eigenvalue weighted by atomic mass is 32.1. The number of hydrogen-bond acceptors (Lipinski definition) is 4. The Morgan fingerprint density at radius 2 is 1.88 bits per heavy atom. The largest absolute Gasteiger partial charge is 0.471 e. The molecule has 3 aromatic rings. The van der Waals surface area contributed by atoms with E-state index >= 15 is 0 Å². The van der Waals surface area contributed by atoms with Gasteiger partial charge in [0.25, 0.3) is 0 Å². The van der Waals surface area contributed by atoms with Crippen molar-refractivity contribution in [3.63, 3.8) is 0 Å². The van der Waals surface area contributed by atoms with Crippen molar-refractivity contribution in [2.45, 2.75) is 32.1 Å². The lowest BCUT2D eigenvalue weighted by atomic mass is 10.0. The van der Waals surface area contributed by atoms with Gasteiger partial charge in [-0.3, -0.25) is 14.6 Å². The summed E-state index contributed by atoms with van der Waals surface area (Å²) in [5, 5.41) is 1.87. The molecule has 1 atom stereocenters. The Balaban J connectivity index is 1.80. The second-order valence-electron chi connectivity index (χ2n) is 7.58. The normalized spacial score (nSPS) is 16.4. The number of alkyl halides is 3. The van der Waals surface area contributed by atoms with E-state index in [0.717, 1.165) is 20.9 Å².